The normalized spacial score (nSPS) is 10.8. The maximum atomic E-state index is 9.30. The summed E-state index contributed by atoms with van der Waals surface area (Å²) < 4.78 is 0. The van der Waals surface area contributed by atoms with E-state index in [9.17, 15) is 10.2 Å². The fraction of sp³-hybridized carbons (Fsp3) is 0.368. The summed E-state index contributed by atoms with van der Waals surface area (Å²) in [7, 11) is 0. The summed E-state index contributed by atoms with van der Waals surface area (Å²) in [6.07, 6.45) is 0. The lowest BCUT2D eigenvalue weighted by molar-refractivity contribution is 0.474. The number of rotatable bonds is 6. The van der Waals surface area contributed by atoms with Crippen LogP contribution in [0.15, 0.2) is 48.5 Å². The van der Waals surface area contributed by atoms with Crippen LogP contribution in [0, 0.1) is 0 Å². The second kappa shape index (κ2) is 9.93. The maximum absolute atomic E-state index is 9.30. The van der Waals surface area contributed by atoms with Gasteiger partial charge in [-0.1, -0.05) is 38.1 Å². The van der Waals surface area contributed by atoms with Crippen LogP contribution in [0.5, 0.6) is 11.5 Å². The van der Waals surface area contributed by atoms with Gasteiger partial charge in [-0.3, -0.25) is 0 Å². The Hall–Kier alpha value is -2.08. The molecule has 2 aromatic carbocycles. The predicted octanol–water partition coefficient (Wildman–Crippen LogP) is 1.92. The largest absolute Gasteiger partial charge is 0.508 e. The van der Waals surface area contributed by atoms with Crippen molar-refractivity contribution in [3.05, 3.63) is 59.7 Å². The minimum atomic E-state index is -0.151. The van der Waals surface area contributed by atoms with Crippen LogP contribution in [-0.2, 0) is 5.41 Å². The average Bonchev–Trinajstić information content (AvgIpc) is 2.57. The lowest BCUT2D eigenvalue weighted by Gasteiger charge is -2.26. The Kier molecular flexibility index (Phi) is 8.26. The summed E-state index contributed by atoms with van der Waals surface area (Å²) in [6.45, 7) is 7.37. The van der Waals surface area contributed by atoms with Crippen LogP contribution in [0.3, 0.4) is 0 Å². The smallest absolute Gasteiger partial charge is 0.115 e. The molecule has 2 aromatic rings. The van der Waals surface area contributed by atoms with Gasteiger partial charge < -0.3 is 27.0 Å². The molecule has 0 heterocycles. The van der Waals surface area contributed by atoms with Crippen LogP contribution in [0.2, 0.25) is 0 Å². The molecule has 0 amide bonds. The van der Waals surface area contributed by atoms with Gasteiger partial charge in [0.1, 0.15) is 11.5 Å². The van der Waals surface area contributed by atoms with Crippen molar-refractivity contribution < 1.29 is 10.2 Å². The maximum Gasteiger partial charge on any atom is 0.115 e. The molecule has 7 N–H and O–H groups in total. The molecule has 0 aliphatic heterocycles. The number of nitrogens with one attached hydrogen (secondary N) is 1. The Labute approximate surface area is 144 Å². The van der Waals surface area contributed by atoms with E-state index in [2.05, 4.69) is 19.2 Å². The molecule has 0 aromatic heterocycles. The standard InChI is InChI=1S/C15H16O2.C4H13N3/c1-15(2,11-3-7-13(16)8-4-11)12-5-9-14(17)10-6-12;5-1-3-7-4-2-6/h3-10,16-17H,1-2H3;7H,1-6H2. The quantitative estimate of drug-likeness (QED) is 0.520. The van der Waals surface area contributed by atoms with Gasteiger partial charge >= 0.3 is 0 Å². The third-order valence-electron chi connectivity index (χ3n) is 3.82. The molecule has 132 valence electrons. The molecular formula is C19H29N3O2. The first-order chi connectivity index (χ1) is 11.4. The lowest BCUT2D eigenvalue weighted by atomic mass is 9.78. The summed E-state index contributed by atoms with van der Waals surface area (Å²) in [4.78, 5) is 0. The summed E-state index contributed by atoms with van der Waals surface area (Å²) in [6, 6.07) is 14.4. The molecule has 0 aliphatic rings. The van der Waals surface area contributed by atoms with Crippen molar-refractivity contribution in [2.24, 2.45) is 11.5 Å². The van der Waals surface area contributed by atoms with E-state index in [0.717, 1.165) is 24.2 Å². The molecule has 2 rings (SSSR count). The van der Waals surface area contributed by atoms with Gasteiger partial charge in [-0.2, -0.15) is 0 Å². The number of hydrogen-bond acceptors (Lipinski definition) is 5. The Balaban J connectivity index is 0.000000351. The van der Waals surface area contributed by atoms with Crippen LogP contribution >= 0.6 is 0 Å². The minimum absolute atomic E-state index is 0.151. The molecule has 0 atom stereocenters. The Bertz CT molecular complexity index is 529. The van der Waals surface area contributed by atoms with E-state index in [0.29, 0.717) is 13.1 Å². The molecule has 0 saturated heterocycles. The number of aromatic hydroxyl groups is 2. The summed E-state index contributed by atoms with van der Waals surface area (Å²) in [5.41, 5.74) is 12.4. The van der Waals surface area contributed by atoms with Crippen molar-refractivity contribution in [1.82, 2.24) is 5.32 Å². The third kappa shape index (κ3) is 6.20. The van der Waals surface area contributed by atoms with Gasteiger partial charge in [0.2, 0.25) is 0 Å². The molecule has 5 heteroatoms. The minimum Gasteiger partial charge on any atom is -0.508 e. The number of nitrogens with two attached hydrogens (primary N) is 2. The van der Waals surface area contributed by atoms with E-state index in [1.165, 1.54) is 0 Å². The lowest BCUT2D eigenvalue weighted by Crippen LogP contribution is -2.27. The Morgan fingerprint density at radius 1 is 0.750 bits per heavy atom. The number of benzene rings is 2. The Morgan fingerprint density at radius 2 is 1.08 bits per heavy atom. The molecule has 0 saturated carbocycles. The second-order valence-electron chi connectivity index (χ2n) is 6.05. The molecule has 0 aliphatic carbocycles. The van der Waals surface area contributed by atoms with Gasteiger partial charge in [0.05, 0.1) is 0 Å². The van der Waals surface area contributed by atoms with Crippen molar-refractivity contribution in [3.63, 3.8) is 0 Å². The van der Waals surface area contributed by atoms with E-state index in [1.54, 1.807) is 24.3 Å². The zero-order valence-corrected chi connectivity index (χ0v) is 14.5. The van der Waals surface area contributed by atoms with Gasteiger partial charge in [-0.25, -0.2) is 0 Å². The number of phenolic OH excluding ortho intramolecular Hbond substituents is 2. The first-order valence-corrected chi connectivity index (χ1v) is 8.11. The third-order valence-corrected chi connectivity index (χ3v) is 3.82. The molecule has 5 nitrogen and oxygen atoms in total. The zero-order valence-electron chi connectivity index (χ0n) is 14.5. The molecular weight excluding hydrogens is 302 g/mol. The van der Waals surface area contributed by atoms with Crippen molar-refractivity contribution >= 4 is 0 Å². The molecule has 0 radical (unpaired) electrons. The first kappa shape index (κ1) is 20.0. The van der Waals surface area contributed by atoms with Gasteiger partial charge in [-0.15, -0.1) is 0 Å². The summed E-state index contributed by atoms with van der Waals surface area (Å²) in [5.74, 6) is 0.547. The monoisotopic (exact) mass is 331 g/mol. The Morgan fingerprint density at radius 3 is 1.38 bits per heavy atom. The fourth-order valence-electron chi connectivity index (χ4n) is 2.25. The van der Waals surface area contributed by atoms with Crippen molar-refractivity contribution in [2.45, 2.75) is 19.3 Å². The number of hydrogen-bond donors (Lipinski definition) is 5. The average molecular weight is 331 g/mol. The molecule has 0 unspecified atom stereocenters. The van der Waals surface area contributed by atoms with E-state index in [4.69, 9.17) is 11.5 Å². The highest BCUT2D eigenvalue weighted by Gasteiger charge is 2.22. The van der Waals surface area contributed by atoms with E-state index in [1.807, 2.05) is 24.3 Å². The SMILES string of the molecule is CC(C)(c1ccc(O)cc1)c1ccc(O)cc1.NCCNCCN. The molecule has 0 spiro atoms. The van der Waals surface area contributed by atoms with E-state index >= 15 is 0 Å². The van der Waals surface area contributed by atoms with Crippen LogP contribution < -0.4 is 16.8 Å². The van der Waals surface area contributed by atoms with Crippen molar-refractivity contribution in [3.8, 4) is 11.5 Å². The summed E-state index contributed by atoms with van der Waals surface area (Å²) >= 11 is 0. The molecule has 0 fully saturated rings. The topological polar surface area (TPSA) is 105 Å². The van der Waals surface area contributed by atoms with Crippen molar-refractivity contribution in [1.29, 1.82) is 0 Å². The fourth-order valence-corrected chi connectivity index (χ4v) is 2.25. The predicted molar refractivity (Wildman–Crippen MR) is 99.3 cm³/mol. The van der Waals surface area contributed by atoms with Gasteiger partial charge in [0, 0.05) is 31.6 Å². The van der Waals surface area contributed by atoms with Crippen LogP contribution in [0.1, 0.15) is 25.0 Å². The second-order valence-corrected chi connectivity index (χ2v) is 6.05. The van der Waals surface area contributed by atoms with Gasteiger partial charge in [-0.05, 0) is 35.4 Å². The van der Waals surface area contributed by atoms with Crippen LogP contribution in [-0.4, -0.2) is 36.4 Å². The highest BCUT2D eigenvalue weighted by Crippen LogP contribution is 2.32. The molecule has 0 bridgehead atoms. The van der Waals surface area contributed by atoms with E-state index in [-0.39, 0.29) is 16.9 Å². The van der Waals surface area contributed by atoms with Crippen LogP contribution in [0.25, 0.3) is 0 Å². The molecule has 24 heavy (non-hydrogen) atoms. The zero-order chi connectivity index (χ0) is 18.0. The first-order valence-electron chi connectivity index (χ1n) is 8.11. The highest BCUT2D eigenvalue weighted by atomic mass is 16.3. The highest BCUT2D eigenvalue weighted by molar-refractivity contribution is 5.41. The van der Waals surface area contributed by atoms with Crippen LogP contribution in [0.4, 0.5) is 0 Å². The summed E-state index contributed by atoms with van der Waals surface area (Å²) in [5, 5.41) is 21.6. The van der Waals surface area contributed by atoms with Crippen molar-refractivity contribution in [2.75, 3.05) is 26.2 Å². The van der Waals surface area contributed by atoms with Gasteiger partial charge in [0.15, 0.2) is 0 Å². The van der Waals surface area contributed by atoms with E-state index < -0.39 is 0 Å². The number of phenols is 2. The van der Waals surface area contributed by atoms with Gasteiger partial charge in [0.25, 0.3) is 0 Å².